The van der Waals surface area contributed by atoms with E-state index in [4.69, 9.17) is 14.2 Å². The smallest absolute Gasteiger partial charge is 0.198 e. The number of fused-ring (bicyclic) bond motifs is 2. The minimum atomic E-state index is -0.577. The van der Waals surface area contributed by atoms with Gasteiger partial charge in [-0.15, -0.1) is 0 Å². The van der Waals surface area contributed by atoms with E-state index in [1.165, 1.54) is 20.3 Å². The fourth-order valence-corrected chi connectivity index (χ4v) is 3.82. The molecular weight excluding hydrogens is 360 g/mol. The lowest BCUT2D eigenvalue weighted by Crippen LogP contribution is -2.24. The highest BCUT2D eigenvalue weighted by Gasteiger charge is 2.37. The molecule has 0 aromatic heterocycles. The molecular formula is C22H18O6. The second-order valence-electron chi connectivity index (χ2n) is 6.68. The lowest BCUT2D eigenvalue weighted by Gasteiger charge is -2.27. The number of hydrogen-bond acceptors (Lipinski definition) is 6. The summed E-state index contributed by atoms with van der Waals surface area (Å²) in [6.45, 7) is 1.70. The highest BCUT2D eigenvalue weighted by atomic mass is 16.5. The summed E-state index contributed by atoms with van der Waals surface area (Å²) < 4.78 is 16.6. The van der Waals surface area contributed by atoms with E-state index in [0.29, 0.717) is 17.1 Å². The second-order valence-corrected chi connectivity index (χ2v) is 6.68. The van der Waals surface area contributed by atoms with Crippen LogP contribution in [0.15, 0.2) is 42.2 Å². The average Bonchev–Trinajstić information content (AvgIpc) is 2.69. The van der Waals surface area contributed by atoms with Gasteiger partial charge in [-0.3, -0.25) is 14.4 Å². The maximum atomic E-state index is 13.3. The van der Waals surface area contributed by atoms with E-state index in [0.717, 1.165) is 0 Å². The van der Waals surface area contributed by atoms with E-state index >= 15 is 0 Å². The highest BCUT2D eigenvalue weighted by Crippen LogP contribution is 2.42. The third kappa shape index (κ3) is 2.60. The average molecular weight is 378 g/mol. The molecule has 6 nitrogen and oxygen atoms in total. The maximum Gasteiger partial charge on any atom is 0.198 e. The Balaban J connectivity index is 1.90. The molecule has 142 valence electrons. The number of allylic oxidation sites excluding steroid dienone is 2. The Morgan fingerprint density at radius 3 is 2.32 bits per heavy atom. The summed E-state index contributed by atoms with van der Waals surface area (Å²) in [5, 5.41) is 0. The third-order valence-electron chi connectivity index (χ3n) is 5.01. The molecule has 0 amide bonds. The van der Waals surface area contributed by atoms with E-state index in [2.05, 4.69) is 0 Å². The molecule has 2 aromatic carbocycles. The molecule has 4 rings (SSSR count). The largest absolute Gasteiger partial charge is 0.496 e. The zero-order chi connectivity index (χ0) is 20.0. The van der Waals surface area contributed by atoms with Gasteiger partial charge in [0.2, 0.25) is 0 Å². The Bertz CT molecular complexity index is 1060. The van der Waals surface area contributed by atoms with Gasteiger partial charge in [0.15, 0.2) is 17.3 Å². The van der Waals surface area contributed by atoms with Gasteiger partial charge < -0.3 is 14.2 Å². The predicted molar refractivity (Wildman–Crippen MR) is 100 cm³/mol. The summed E-state index contributed by atoms with van der Waals surface area (Å²) in [5.74, 6) is 0.424. The molecule has 1 aliphatic carbocycles. The molecule has 0 bridgehead atoms. The molecule has 1 heterocycles. The number of hydrogen-bond donors (Lipinski definition) is 0. The minimum absolute atomic E-state index is 0.0639. The van der Waals surface area contributed by atoms with Crippen LogP contribution in [0.5, 0.6) is 11.5 Å². The lowest BCUT2D eigenvalue weighted by atomic mass is 9.81. The number of methoxy groups -OCH3 is 2. The summed E-state index contributed by atoms with van der Waals surface area (Å²) in [6, 6.07) is 8.18. The van der Waals surface area contributed by atoms with Gasteiger partial charge in [0.25, 0.3) is 0 Å². The molecule has 0 spiro atoms. The highest BCUT2D eigenvalue weighted by molar-refractivity contribution is 6.30. The molecule has 1 unspecified atom stereocenters. The number of ketones is 3. The zero-order valence-electron chi connectivity index (χ0n) is 15.7. The van der Waals surface area contributed by atoms with Crippen molar-refractivity contribution in [1.82, 2.24) is 0 Å². The lowest BCUT2D eigenvalue weighted by molar-refractivity contribution is -0.118. The SMILES string of the molecule is COc1cccc2c1C(=O)c1ccc(C3CC(=O)C=C(C)O3)c(OC)c1C2=O. The van der Waals surface area contributed by atoms with E-state index in [9.17, 15) is 14.4 Å². The van der Waals surface area contributed by atoms with Crippen molar-refractivity contribution in [2.45, 2.75) is 19.4 Å². The number of carbonyl (C=O) groups is 3. The van der Waals surface area contributed by atoms with E-state index in [1.807, 2.05) is 0 Å². The predicted octanol–water partition coefficient (Wildman–Crippen LogP) is 3.41. The van der Waals surface area contributed by atoms with Crippen molar-refractivity contribution in [2.24, 2.45) is 0 Å². The van der Waals surface area contributed by atoms with Crippen LogP contribution in [-0.2, 0) is 9.53 Å². The van der Waals surface area contributed by atoms with E-state index in [1.54, 1.807) is 37.3 Å². The monoisotopic (exact) mass is 378 g/mol. The van der Waals surface area contributed by atoms with Crippen LogP contribution in [-0.4, -0.2) is 31.6 Å². The van der Waals surface area contributed by atoms with E-state index < -0.39 is 6.10 Å². The van der Waals surface area contributed by atoms with Gasteiger partial charge in [-0.2, -0.15) is 0 Å². The van der Waals surface area contributed by atoms with Gasteiger partial charge in [-0.05, 0) is 19.1 Å². The summed E-state index contributed by atoms with van der Waals surface area (Å²) in [4.78, 5) is 38.3. The Hall–Kier alpha value is -3.41. The molecule has 0 saturated carbocycles. The van der Waals surface area contributed by atoms with Gasteiger partial charge in [0.1, 0.15) is 17.6 Å². The van der Waals surface area contributed by atoms with Crippen molar-refractivity contribution in [3.05, 3.63) is 70.0 Å². The van der Waals surface area contributed by atoms with Crippen LogP contribution < -0.4 is 9.47 Å². The van der Waals surface area contributed by atoms with Crippen LogP contribution in [0.2, 0.25) is 0 Å². The van der Waals surface area contributed by atoms with Gasteiger partial charge in [-0.1, -0.05) is 18.2 Å². The number of carbonyl (C=O) groups excluding carboxylic acids is 3. The van der Waals surface area contributed by atoms with Crippen molar-refractivity contribution in [3.63, 3.8) is 0 Å². The van der Waals surface area contributed by atoms with Crippen molar-refractivity contribution in [3.8, 4) is 11.5 Å². The quantitative estimate of drug-likeness (QED) is 0.695. The fourth-order valence-electron chi connectivity index (χ4n) is 3.82. The van der Waals surface area contributed by atoms with Crippen LogP contribution in [0.1, 0.15) is 56.9 Å². The Morgan fingerprint density at radius 1 is 0.929 bits per heavy atom. The van der Waals surface area contributed by atoms with Crippen LogP contribution in [0.3, 0.4) is 0 Å². The van der Waals surface area contributed by atoms with Gasteiger partial charge in [0.05, 0.1) is 37.5 Å². The van der Waals surface area contributed by atoms with Gasteiger partial charge in [-0.25, -0.2) is 0 Å². The first kappa shape index (κ1) is 18.0. The van der Waals surface area contributed by atoms with Crippen LogP contribution >= 0.6 is 0 Å². The standard InChI is InChI=1S/C22H18O6/c1-11-9-12(23)10-17(28-11)13-7-8-15-19(22(13)27-3)21(25)14-5-4-6-16(26-2)18(14)20(15)24/h4-9,17H,10H2,1-3H3. The minimum Gasteiger partial charge on any atom is -0.496 e. The summed E-state index contributed by atoms with van der Waals surface area (Å²) >= 11 is 0. The molecule has 0 fully saturated rings. The third-order valence-corrected chi connectivity index (χ3v) is 5.01. The topological polar surface area (TPSA) is 78.9 Å². The van der Waals surface area contributed by atoms with Gasteiger partial charge in [0, 0.05) is 22.8 Å². The first-order valence-electron chi connectivity index (χ1n) is 8.81. The maximum absolute atomic E-state index is 13.3. The molecule has 0 radical (unpaired) electrons. The van der Waals surface area contributed by atoms with Crippen molar-refractivity contribution in [1.29, 1.82) is 0 Å². The normalized spacial score (nSPS) is 18.0. The molecule has 1 aliphatic heterocycles. The molecule has 0 saturated heterocycles. The first-order valence-corrected chi connectivity index (χ1v) is 8.81. The summed E-state index contributed by atoms with van der Waals surface area (Å²) in [6.07, 6.45) is 1.00. The molecule has 2 aromatic rings. The number of ether oxygens (including phenoxy) is 3. The summed E-state index contributed by atoms with van der Waals surface area (Å²) in [5.41, 5.74) is 1.52. The van der Waals surface area contributed by atoms with Crippen LogP contribution in [0.4, 0.5) is 0 Å². The summed E-state index contributed by atoms with van der Waals surface area (Å²) in [7, 11) is 2.89. The first-order chi connectivity index (χ1) is 13.5. The van der Waals surface area contributed by atoms with Gasteiger partial charge >= 0.3 is 0 Å². The molecule has 0 N–H and O–H groups in total. The Labute approximate surface area is 161 Å². The van der Waals surface area contributed by atoms with Crippen LogP contribution in [0.25, 0.3) is 0 Å². The Morgan fingerprint density at radius 2 is 1.64 bits per heavy atom. The van der Waals surface area contributed by atoms with Crippen LogP contribution in [0, 0.1) is 0 Å². The fraction of sp³-hybridized carbons (Fsp3) is 0.227. The van der Waals surface area contributed by atoms with Crippen molar-refractivity contribution >= 4 is 17.3 Å². The molecule has 1 atom stereocenters. The van der Waals surface area contributed by atoms with Crippen molar-refractivity contribution < 1.29 is 28.6 Å². The molecule has 6 heteroatoms. The number of benzene rings is 2. The molecule has 28 heavy (non-hydrogen) atoms. The molecule has 2 aliphatic rings. The van der Waals surface area contributed by atoms with Crippen molar-refractivity contribution in [2.75, 3.05) is 14.2 Å². The zero-order valence-corrected chi connectivity index (χ0v) is 15.7. The number of rotatable bonds is 3. The Kier molecular flexibility index (Phi) is 4.26. The second kappa shape index (κ2) is 6.64. The van der Waals surface area contributed by atoms with E-state index in [-0.39, 0.29) is 51.8 Å².